The summed E-state index contributed by atoms with van der Waals surface area (Å²) in [5.74, 6) is -1.13. The number of hydrogen-bond acceptors (Lipinski definition) is 4. The molecule has 0 aliphatic carbocycles. The number of rotatable bonds is 10. The van der Waals surface area contributed by atoms with Gasteiger partial charge in [-0.15, -0.1) is 0 Å². The molecule has 0 fully saturated rings. The zero-order valence-electron chi connectivity index (χ0n) is 13.2. The van der Waals surface area contributed by atoms with Gasteiger partial charge in [0.2, 0.25) is 0 Å². The minimum Gasteiger partial charge on any atom is -0.427 e. The van der Waals surface area contributed by atoms with Gasteiger partial charge in [-0.1, -0.05) is 12.1 Å². The summed E-state index contributed by atoms with van der Waals surface area (Å²) < 4.78 is 12.9. The van der Waals surface area contributed by atoms with Gasteiger partial charge in [-0.3, -0.25) is 4.79 Å². The van der Waals surface area contributed by atoms with Crippen LogP contribution in [0.25, 0.3) is 0 Å². The van der Waals surface area contributed by atoms with Gasteiger partial charge in [-0.2, -0.15) is 0 Å². The summed E-state index contributed by atoms with van der Waals surface area (Å²) in [6.45, 7) is 0.710. The van der Waals surface area contributed by atoms with Gasteiger partial charge in [0, 0.05) is 18.8 Å². The highest BCUT2D eigenvalue weighted by atomic mass is 19.1. The summed E-state index contributed by atoms with van der Waals surface area (Å²) in [6, 6.07) is 5.42. The second kappa shape index (κ2) is 10.3. The number of nitrogens with two attached hydrogens (primary N) is 1. The van der Waals surface area contributed by atoms with Gasteiger partial charge in [0.25, 0.3) is 5.91 Å². The van der Waals surface area contributed by atoms with Crippen molar-refractivity contribution in [2.45, 2.75) is 37.5 Å². The Labute approximate surface area is 136 Å². The monoisotopic (exact) mass is 326 g/mol. The third kappa shape index (κ3) is 7.56. The maximum absolute atomic E-state index is 12.9. The molecule has 1 rings (SSSR count). The molecule has 8 heteroatoms. The van der Waals surface area contributed by atoms with Crippen LogP contribution in [0.3, 0.4) is 0 Å². The summed E-state index contributed by atoms with van der Waals surface area (Å²) in [6.07, 6.45) is 2.65. The first kappa shape index (κ1) is 19.6. The smallest absolute Gasteiger partial charge is 0.427 e. The van der Waals surface area contributed by atoms with E-state index < -0.39 is 12.9 Å². The summed E-state index contributed by atoms with van der Waals surface area (Å²) in [4.78, 5) is 11.9. The lowest BCUT2D eigenvalue weighted by Gasteiger charge is -2.17. The Hall–Kier alpha value is -1.48. The van der Waals surface area contributed by atoms with Gasteiger partial charge < -0.3 is 26.8 Å². The number of hydrogen-bond donors (Lipinski definition) is 5. The van der Waals surface area contributed by atoms with Crippen LogP contribution in [0.2, 0.25) is 5.82 Å². The van der Waals surface area contributed by atoms with Crippen LogP contribution in [-0.4, -0.2) is 42.2 Å². The van der Waals surface area contributed by atoms with Crippen molar-refractivity contribution in [1.29, 1.82) is 0 Å². The molecule has 128 valence electrons. The molecular weight excluding hydrogens is 300 g/mol. The quantitative estimate of drug-likeness (QED) is 0.281. The lowest BCUT2D eigenvalue weighted by atomic mass is 9.69. The first-order valence-corrected chi connectivity index (χ1v) is 7.85. The molecule has 0 aliphatic rings. The van der Waals surface area contributed by atoms with Gasteiger partial charge in [-0.25, -0.2) is 4.39 Å². The van der Waals surface area contributed by atoms with E-state index in [1.165, 1.54) is 12.1 Å². The number of unbranched alkanes of at least 4 members (excludes halogenated alkanes) is 1. The number of carbonyl (C=O) groups is 1. The molecule has 0 saturated carbocycles. The first-order chi connectivity index (χ1) is 10.9. The van der Waals surface area contributed by atoms with Crippen molar-refractivity contribution in [1.82, 2.24) is 5.32 Å². The molecule has 0 heterocycles. The Bertz CT molecular complexity index is 474. The number of benzene rings is 1. The summed E-state index contributed by atoms with van der Waals surface area (Å²) in [5, 5.41) is 21.6. The van der Waals surface area contributed by atoms with Gasteiger partial charge in [0.05, 0.1) is 0 Å². The molecule has 1 aromatic carbocycles. The maximum Gasteiger partial charge on any atom is 0.456 e. The third-order valence-corrected chi connectivity index (χ3v) is 3.75. The van der Waals surface area contributed by atoms with E-state index in [4.69, 9.17) is 5.73 Å². The van der Waals surface area contributed by atoms with Crippen LogP contribution in [0.15, 0.2) is 24.3 Å². The largest absolute Gasteiger partial charge is 0.456 e. The van der Waals surface area contributed by atoms with Gasteiger partial charge in [-0.05, 0) is 43.5 Å². The molecule has 0 bridgehead atoms. The van der Waals surface area contributed by atoms with Crippen molar-refractivity contribution < 1.29 is 25.0 Å². The highest BCUT2D eigenvalue weighted by Gasteiger charge is 2.26. The van der Waals surface area contributed by atoms with Crippen LogP contribution in [0, 0.1) is 5.82 Å². The normalized spacial score (nSPS) is 13.4. The molecule has 1 aromatic rings. The van der Waals surface area contributed by atoms with E-state index in [2.05, 4.69) is 11.1 Å². The average molecular weight is 326 g/mol. The predicted molar refractivity (Wildman–Crippen MR) is 86.6 cm³/mol. The number of amides is 1. The summed E-state index contributed by atoms with van der Waals surface area (Å²) in [5.41, 5.74) is 9.98. The van der Waals surface area contributed by atoms with E-state index in [0.717, 1.165) is 18.4 Å². The molecule has 0 aliphatic heterocycles. The van der Waals surface area contributed by atoms with Crippen LogP contribution >= 0.6 is 0 Å². The Morgan fingerprint density at radius 2 is 1.96 bits per heavy atom. The fourth-order valence-electron chi connectivity index (χ4n) is 2.25. The fraction of sp³-hybridized carbons (Fsp3) is 0.533. The second-order valence-electron chi connectivity index (χ2n) is 5.73. The number of quaternary nitrogens is 1. The Kier molecular flexibility index (Phi) is 8.79. The van der Waals surface area contributed by atoms with Gasteiger partial charge >= 0.3 is 7.12 Å². The first-order valence-electron chi connectivity index (χ1n) is 7.85. The molecule has 8 N–H and O–H groups in total. The second-order valence-corrected chi connectivity index (χ2v) is 5.73. The van der Waals surface area contributed by atoms with Crippen molar-refractivity contribution in [2.75, 3.05) is 13.1 Å². The van der Waals surface area contributed by atoms with Crippen LogP contribution in [0.5, 0.6) is 0 Å². The minimum absolute atomic E-state index is 0.122. The van der Waals surface area contributed by atoms with Gasteiger partial charge in [0.1, 0.15) is 5.82 Å². The standard InChI is InChI=1S/C15H25BFN3O3/c17-13-6-4-11(5-7-13)9-12(16(22)23)10-20-15(21)14(19)3-1-2-8-18/h4-7,12,14,22-23H,1-3,8-10,18-19H2,(H,20,21)/p+1/t12-,14+/m1/s1. The molecule has 0 unspecified atom stereocenters. The average Bonchev–Trinajstić information content (AvgIpc) is 2.52. The molecule has 1 amide bonds. The van der Waals surface area contributed by atoms with Crippen LogP contribution in [-0.2, 0) is 11.2 Å². The van der Waals surface area contributed by atoms with Crippen LogP contribution in [0.1, 0.15) is 24.8 Å². The molecule has 0 saturated heterocycles. The van der Waals surface area contributed by atoms with Crippen molar-refractivity contribution in [3.05, 3.63) is 35.6 Å². The van der Waals surface area contributed by atoms with E-state index in [1.54, 1.807) is 12.1 Å². The zero-order chi connectivity index (χ0) is 17.2. The van der Waals surface area contributed by atoms with E-state index in [9.17, 15) is 19.2 Å². The SMILES string of the molecule is NCCCC[C@H]([NH3+])C(=O)NC[C@@H](Cc1ccc(F)cc1)B(O)O. The summed E-state index contributed by atoms with van der Waals surface area (Å²) >= 11 is 0. The Morgan fingerprint density at radius 3 is 2.52 bits per heavy atom. The third-order valence-electron chi connectivity index (χ3n) is 3.75. The van der Waals surface area contributed by atoms with Crippen molar-refractivity contribution >= 4 is 13.0 Å². The maximum atomic E-state index is 12.9. The lowest BCUT2D eigenvalue weighted by molar-refractivity contribution is -0.405. The topological polar surface area (TPSA) is 123 Å². The number of carbonyl (C=O) groups excluding carboxylic acids is 1. The molecule has 0 aromatic heterocycles. The highest BCUT2D eigenvalue weighted by Crippen LogP contribution is 2.15. The number of nitrogens with one attached hydrogen (secondary N) is 1. The zero-order valence-corrected chi connectivity index (χ0v) is 13.2. The van der Waals surface area contributed by atoms with Gasteiger partial charge in [0.15, 0.2) is 6.04 Å². The predicted octanol–water partition coefficient (Wildman–Crippen LogP) is -0.933. The molecule has 6 nitrogen and oxygen atoms in total. The molecule has 23 heavy (non-hydrogen) atoms. The summed E-state index contributed by atoms with van der Waals surface area (Å²) in [7, 11) is -1.57. The minimum atomic E-state index is -1.57. The van der Waals surface area contributed by atoms with Crippen molar-refractivity contribution in [3.63, 3.8) is 0 Å². The lowest BCUT2D eigenvalue weighted by Crippen LogP contribution is -2.67. The Morgan fingerprint density at radius 1 is 1.30 bits per heavy atom. The fourth-order valence-corrected chi connectivity index (χ4v) is 2.25. The van der Waals surface area contributed by atoms with Crippen LogP contribution in [0.4, 0.5) is 4.39 Å². The van der Waals surface area contributed by atoms with Crippen molar-refractivity contribution in [3.8, 4) is 0 Å². The highest BCUT2D eigenvalue weighted by molar-refractivity contribution is 6.43. The number of halogens is 1. The van der Waals surface area contributed by atoms with E-state index in [0.29, 0.717) is 19.4 Å². The van der Waals surface area contributed by atoms with E-state index in [1.807, 2.05) is 0 Å². The van der Waals surface area contributed by atoms with E-state index >= 15 is 0 Å². The molecule has 0 radical (unpaired) electrons. The van der Waals surface area contributed by atoms with Crippen LogP contribution < -0.4 is 16.8 Å². The van der Waals surface area contributed by atoms with E-state index in [-0.39, 0.29) is 24.3 Å². The van der Waals surface area contributed by atoms with Crippen molar-refractivity contribution in [2.24, 2.45) is 5.73 Å². The molecular formula is C15H26BFN3O3+. The molecule has 0 spiro atoms. The molecule has 2 atom stereocenters. The Balaban J connectivity index is 2.46.